The number of hydrogen-bond acceptors (Lipinski definition) is 23. The van der Waals surface area contributed by atoms with E-state index in [-0.39, 0.29) is 71.3 Å². The maximum absolute atomic E-state index is 12.1. The number of carbonyl (C=O) groups is 6. The molecule has 0 amide bonds. The summed E-state index contributed by atoms with van der Waals surface area (Å²) in [7, 11) is 0. The molecule has 22 aliphatic rings. The molecular formula is C86H128O23. The van der Waals surface area contributed by atoms with E-state index in [0.29, 0.717) is 204 Å². The second-order valence-corrected chi connectivity index (χ2v) is 37.8. The van der Waals surface area contributed by atoms with Crippen LogP contribution in [0.1, 0.15) is 264 Å². The molecule has 0 spiro atoms. The lowest BCUT2D eigenvalue weighted by Crippen LogP contribution is -2.31. The summed E-state index contributed by atoms with van der Waals surface area (Å²) in [6.45, 7) is 8.86. The van der Waals surface area contributed by atoms with Crippen molar-refractivity contribution in [1.82, 2.24) is 0 Å². The van der Waals surface area contributed by atoms with Gasteiger partial charge < -0.3 is 80.5 Å². The highest BCUT2D eigenvalue weighted by atomic mass is 16.6. The zero-order chi connectivity index (χ0) is 74.3. The predicted molar refractivity (Wildman–Crippen MR) is 390 cm³/mol. The largest absolute Gasteiger partial charge is 0.465 e. The highest BCUT2D eigenvalue weighted by Crippen LogP contribution is 2.55. The van der Waals surface area contributed by atoms with Gasteiger partial charge in [0.2, 0.25) is 0 Å². The van der Waals surface area contributed by atoms with Crippen molar-refractivity contribution in [3.63, 3.8) is 0 Å². The van der Waals surface area contributed by atoms with E-state index < -0.39 is 0 Å². The molecule has 10 saturated carbocycles. The molecule has 0 aromatic heterocycles. The number of ketones is 2. The first-order chi connectivity index (χ1) is 53.0. The minimum Gasteiger partial charge on any atom is -0.465 e. The van der Waals surface area contributed by atoms with Crippen molar-refractivity contribution in [2.24, 2.45) is 53.3 Å². The third-order valence-electron chi connectivity index (χ3n) is 29.1. The van der Waals surface area contributed by atoms with Gasteiger partial charge in [0.25, 0.3) is 0 Å². The number of unbranched alkanes of at least 4 members (excludes halogenated alkanes) is 3. The van der Waals surface area contributed by atoms with Gasteiger partial charge in [-0.1, -0.05) is 0 Å². The van der Waals surface area contributed by atoms with E-state index in [9.17, 15) is 28.8 Å². The van der Waals surface area contributed by atoms with Gasteiger partial charge >= 0.3 is 23.9 Å². The molecule has 12 saturated heterocycles. The van der Waals surface area contributed by atoms with Crippen molar-refractivity contribution < 1.29 is 109 Å². The number of esters is 4. The standard InChI is InChI=1S/C20H30O6.C20H30O5.2C14H20O4.C10H16O2.C8H12O2/c21-14(12-23-15-6-8-17-19(10-15)26-17)3-1-2-4-20(22)24-11-13-5-7-16-18(9-13)25-16;21-15(10-13-5-7-16-18(11-13)24-16)4-2-1-3-9-23-20(22)14-6-8-17-19(12-14)25-17;2*15-14(9-2-4-11-13(6-9)18-11)16-7-8-1-3-10-12(5-8)17-10;1-9-5-7(10(2)6-11-10)3-4-8(9)12-9;1-2-6-7(10-6)3-5(1)8-4-9-8/h13,15-19H,1-12H2;13-14,16-19H,1-12H2;2*8-13H,1-7H2;7-8H,3-6H2,1-2H3;5-8H,1-4H2. The molecule has 22 fully saturated rings. The van der Waals surface area contributed by atoms with Gasteiger partial charge in [0.05, 0.1) is 197 Å². The molecule has 10 aliphatic carbocycles. The Morgan fingerprint density at radius 1 is 0.358 bits per heavy atom. The van der Waals surface area contributed by atoms with Crippen LogP contribution >= 0.6 is 0 Å². The van der Waals surface area contributed by atoms with Crippen molar-refractivity contribution in [2.45, 2.75) is 404 Å². The van der Waals surface area contributed by atoms with Crippen LogP contribution in [0.15, 0.2) is 0 Å². The number of fused-ring (bicyclic) bond motifs is 10. The Morgan fingerprint density at radius 3 is 1.24 bits per heavy atom. The minimum atomic E-state index is -0.145. The van der Waals surface area contributed by atoms with E-state index in [1.54, 1.807) is 0 Å². The van der Waals surface area contributed by atoms with E-state index in [1.807, 2.05) is 0 Å². The summed E-state index contributed by atoms with van der Waals surface area (Å²) in [6, 6.07) is 0. The van der Waals surface area contributed by atoms with Crippen molar-refractivity contribution in [1.29, 1.82) is 0 Å². The SMILES string of the molecule is C1CC2OC2CC1C1CO1.CC1(C2CCC3OC3(C)C2)CO1.O=C(CCCCC(=O)OCC1CCC2OC2C1)COC1CCC2OC2C1.O=C(CCCCCOC(=O)C1CCC2OC2C1)CC1CCC2OC2C1.O=C(OCC1CCC2OC2C1)C1CCC2OC2C1.O=C(OCC1CCC2OC2C1)C1CCC2OC2C1. The first-order valence-corrected chi connectivity index (χ1v) is 44.1. The van der Waals surface area contributed by atoms with Crippen LogP contribution < -0.4 is 0 Å². The summed E-state index contributed by atoms with van der Waals surface area (Å²) < 4.78 is 93.2. The Labute approximate surface area is 645 Å². The summed E-state index contributed by atoms with van der Waals surface area (Å²) in [5.74, 6) is 4.16. The van der Waals surface area contributed by atoms with E-state index in [4.69, 9.17) is 80.5 Å². The van der Waals surface area contributed by atoms with E-state index in [0.717, 1.165) is 211 Å². The van der Waals surface area contributed by atoms with Crippen LogP contribution in [0.5, 0.6) is 0 Å². The molecule has 109 heavy (non-hydrogen) atoms. The number of Topliss-reactive ketones (excluding diaryl/α,β-unsaturated/α-hetero) is 2. The summed E-state index contributed by atoms with van der Waals surface area (Å²) in [5.41, 5.74) is 0.456. The lowest BCUT2D eigenvalue weighted by atomic mass is 9.76. The lowest BCUT2D eigenvalue weighted by molar-refractivity contribution is -0.152. The number of rotatable bonds is 27. The van der Waals surface area contributed by atoms with Gasteiger partial charge in [-0.15, -0.1) is 0 Å². The topological polar surface area (TPSA) is 299 Å². The van der Waals surface area contributed by atoms with Crippen LogP contribution in [0.4, 0.5) is 0 Å². The van der Waals surface area contributed by atoms with Crippen molar-refractivity contribution >= 4 is 35.4 Å². The zero-order valence-electron chi connectivity index (χ0n) is 65.2. The summed E-state index contributed by atoms with van der Waals surface area (Å²) >= 11 is 0. The molecule has 23 heteroatoms. The lowest BCUT2D eigenvalue weighted by Gasteiger charge is -2.26. The molecule has 12 heterocycles. The maximum Gasteiger partial charge on any atom is 0.309 e. The number of ether oxygens (including phenoxy) is 17. The fourth-order valence-corrected chi connectivity index (χ4v) is 20.8. The smallest absolute Gasteiger partial charge is 0.309 e. The van der Waals surface area contributed by atoms with Gasteiger partial charge in [0.15, 0.2) is 5.78 Å². The highest BCUT2D eigenvalue weighted by Gasteiger charge is 2.61. The van der Waals surface area contributed by atoms with Crippen LogP contribution in [0.25, 0.3) is 0 Å². The predicted octanol–water partition coefficient (Wildman–Crippen LogP) is 11.8. The fourth-order valence-electron chi connectivity index (χ4n) is 20.8. The summed E-state index contributed by atoms with van der Waals surface area (Å²) in [4.78, 5) is 71.8. The Hall–Kier alpha value is -3.30. The third-order valence-corrected chi connectivity index (χ3v) is 29.1. The molecule has 32 unspecified atom stereocenters. The number of hydrogen-bond donors (Lipinski definition) is 0. The van der Waals surface area contributed by atoms with E-state index in [2.05, 4.69) is 13.8 Å². The number of epoxide rings is 12. The molecule has 0 radical (unpaired) electrons. The van der Waals surface area contributed by atoms with Crippen LogP contribution in [0.3, 0.4) is 0 Å². The van der Waals surface area contributed by atoms with Crippen LogP contribution in [-0.2, 0) is 109 Å². The van der Waals surface area contributed by atoms with Gasteiger partial charge in [0.1, 0.15) is 12.4 Å². The normalized spacial score (nSPS) is 46.0. The van der Waals surface area contributed by atoms with Crippen LogP contribution in [-0.4, -0.2) is 221 Å². The molecule has 0 aromatic carbocycles. The average molecular weight is 1530 g/mol. The maximum atomic E-state index is 12.1. The monoisotopic (exact) mass is 1530 g/mol. The van der Waals surface area contributed by atoms with Gasteiger partial charge in [0, 0.05) is 32.1 Å². The van der Waals surface area contributed by atoms with Gasteiger partial charge in [-0.2, -0.15) is 0 Å². The van der Waals surface area contributed by atoms with Crippen molar-refractivity contribution in [3.05, 3.63) is 0 Å². The van der Waals surface area contributed by atoms with Crippen LogP contribution in [0, 0.1) is 53.3 Å². The van der Waals surface area contributed by atoms with E-state index >= 15 is 0 Å². The fraction of sp³-hybridized carbons (Fsp3) is 0.930. The summed E-state index contributed by atoms with van der Waals surface area (Å²) in [6.07, 6.45) is 48.6. The van der Waals surface area contributed by atoms with Crippen molar-refractivity contribution in [3.8, 4) is 0 Å². The third kappa shape index (κ3) is 22.7. The molecule has 610 valence electrons. The van der Waals surface area contributed by atoms with Gasteiger partial charge in [-0.05, 0) is 268 Å². The Balaban J connectivity index is 0.0000000979. The van der Waals surface area contributed by atoms with Crippen molar-refractivity contribution in [2.75, 3.05) is 46.2 Å². The minimum absolute atomic E-state index is 0.00258. The molecule has 12 aliphatic heterocycles. The van der Waals surface area contributed by atoms with E-state index in [1.165, 1.54) is 38.5 Å². The Kier molecular flexibility index (Phi) is 25.0. The Bertz CT molecular complexity index is 3010. The average Bonchev–Trinajstić information content (AvgIpc) is 1.57. The summed E-state index contributed by atoms with van der Waals surface area (Å²) in [5, 5.41) is 0. The molecule has 0 aromatic rings. The second kappa shape index (κ2) is 34.9. The second-order valence-electron chi connectivity index (χ2n) is 37.8. The first-order valence-electron chi connectivity index (χ1n) is 44.1. The zero-order valence-corrected chi connectivity index (χ0v) is 65.2. The molecule has 32 atom stereocenters. The molecule has 0 N–H and O–H groups in total. The first kappa shape index (κ1) is 78.2. The van der Waals surface area contributed by atoms with Gasteiger partial charge in [-0.25, -0.2) is 0 Å². The molecule has 23 nitrogen and oxygen atoms in total. The molecular weight excluding hydrogens is 1400 g/mol. The molecule has 22 rings (SSSR count). The molecule has 0 bridgehead atoms. The quantitative estimate of drug-likeness (QED) is 0.0319. The van der Waals surface area contributed by atoms with Gasteiger partial charge in [-0.3, -0.25) is 28.8 Å². The highest BCUT2D eigenvalue weighted by molar-refractivity contribution is 5.80. The number of carbonyl (C=O) groups excluding carboxylic acids is 6. The Morgan fingerprint density at radius 2 is 0.771 bits per heavy atom. The van der Waals surface area contributed by atoms with Crippen LogP contribution in [0.2, 0.25) is 0 Å².